The number of carbonyl (C=O) groups is 3. The molecule has 1 heterocycles. The van der Waals surface area contributed by atoms with Crippen LogP contribution in [0.4, 0.5) is 4.39 Å². The molecule has 24 heavy (non-hydrogen) atoms. The molecular formula is C17H19FN2O3S. The maximum Gasteiger partial charge on any atom is 0.252 e. The van der Waals surface area contributed by atoms with Crippen molar-refractivity contribution in [3.63, 3.8) is 0 Å². The van der Waals surface area contributed by atoms with Crippen molar-refractivity contribution in [1.29, 1.82) is 0 Å². The molecule has 128 valence electrons. The monoisotopic (exact) mass is 350 g/mol. The predicted molar refractivity (Wildman–Crippen MR) is 87.8 cm³/mol. The second-order valence-corrected chi connectivity index (χ2v) is 7.19. The van der Waals surface area contributed by atoms with Crippen molar-refractivity contribution in [3.05, 3.63) is 30.1 Å². The summed E-state index contributed by atoms with van der Waals surface area (Å²) in [6.45, 7) is -0.109. The first-order valence-corrected chi connectivity index (χ1v) is 9.03. The zero-order valence-electron chi connectivity index (χ0n) is 13.2. The number of benzene rings is 1. The van der Waals surface area contributed by atoms with E-state index in [1.54, 1.807) is 18.2 Å². The summed E-state index contributed by atoms with van der Waals surface area (Å²) in [6, 6.07) is 6.24. The molecule has 1 saturated carbocycles. The Labute approximate surface area is 144 Å². The summed E-state index contributed by atoms with van der Waals surface area (Å²) in [5, 5.41) is 2.37. The van der Waals surface area contributed by atoms with Crippen molar-refractivity contribution in [3.8, 4) is 0 Å². The second kappa shape index (κ2) is 6.93. The number of nitrogens with one attached hydrogen (secondary N) is 1. The number of halogens is 1. The van der Waals surface area contributed by atoms with Gasteiger partial charge in [-0.15, -0.1) is 11.8 Å². The van der Waals surface area contributed by atoms with Crippen LogP contribution in [0, 0.1) is 5.82 Å². The zero-order chi connectivity index (χ0) is 17.2. The van der Waals surface area contributed by atoms with Gasteiger partial charge < -0.3 is 4.90 Å². The number of hydrogen-bond donors (Lipinski definition) is 1. The minimum absolute atomic E-state index is 0.00322. The molecule has 0 aromatic heterocycles. The van der Waals surface area contributed by atoms with E-state index in [1.165, 1.54) is 11.0 Å². The van der Waals surface area contributed by atoms with E-state index in [0.29, 0.717) is 17.7 Å². The Kier molecular flexibility index (Phi) is 4.89. The number of carbonyl (C=O) groups excluding carboxylic acids is 3. The third kappa shape index (κ3) is 3.17. The molecule has 1 aromatic rings. The molecule has 1 spiro atoms. The van der Waals surface area contributed by atoms with Crippen molar-refractivity contribution in [2.75, 3.05) is 12.3 Å². The summed E-state index contributed by atoms with van der Waals surface area (Å²) >= 11 is 1.09. The van der Waals surface area contributed by atoms with Crippen LogP contribution < -0.4 is 5.32 Å². The molecule has 2 aliphatic rings. The van der Waals surface area contributed by atoms with E-state index in [1.807, 2.05) is 0 Å². The Morgan fingerprint density at radius 1 is 1.21 bits per heavy atom. The molecule has 3 amide bonds. The van der Waals surface area contributed by atoms with Gasteiger partial charge in [0.25, 0.3) is 5.91 Å². The van der Waals surface area contributed by atoms with Crippen molar-refractivity contribution in [2.24, 2.45) is 0 Å². The number of thioether (sulfide) groups is 1. The minimum Gasteiger partial charge on any atom is -0.318 e. The normalized spacial score (nSPS) is 20.1. The highest BCUT2D eigenvalue weighted by atomic mass is 32.2. The van der Waals surface area contributed by atoms with Gasteiger partial charge in [-0.3, -0.25) is 19.7 Å². The van der Waals surface area contributed by atoms with Gasteiger partial charge in [-0.05, 0) is 25.0 Å². The van der Waals surface area contributed by atoms with Gasteiger partial charge in [0.15, 0.2) is 0 Å². The SMILES string of the molecule is O=C1CN(C(=O)CSc2ccccc2F)C2(CCCCC2)C(=O)N1. The fourth-order valence-electron chi connectivity index (χ4n) is 3.44. The topological polar surface area (TPSA) is 66.5 Å². The molecule has 1 aliphatic carbocycles. The largest absolute Gasteiger partial charge is 0.318 e. The molecule has 2 fully saturated rings. The lowest BCUT2D eigenvalue weighted by Gasteiger charge is -2.47. The standard InChI is InChI=1S/C17H19FN2O3S/c18-12-6-2-3-7-13(12)24-11-15(22)20-10-14(21)19-16(23)17(20)8-4-1-5-9-17/h2-3,6-7H,1,4-5,8-11H2,(H,19,21,23). The number of hydrogen-bond acceptors (Lipinski definition) is 4. The molecule has 0 unspecified atom stereocenters. The predicted octanol–water partition coefficient (Wildman–Crippen LogP) is 2.11. The Bertz CT molecular complexity index is 674. The molecule has 3 rings (SSSR count). The number of imide groups is 1. The molecular weight excluding hydrogens is 331 g/mol. The molecule has 0 bridgehead atoms. The van der Waals surface area contributed by atoms with Gasteiger partial charge in [0.05, 0.1) is 5.75 Å². The molecule has 1 N–H and O–H groups in total. The first kappa shape index (κ1) is 17.0. The number of nitrogens with zero attached hydrogens (tertiary/aromatic N) is 1. The van der Waals surface area contributed by atoms with Crippen molar-refractivity contribution in [2.45, 2.75) is 42.5 Å². The van der Waals surface area contributed by atoms with Gasteiger partial charge >= 0.3 is 0 Å². The van der Waals surface area contributed by atoms with E-state index >= 15 is 0 Å². The van der Waals surface area contributed by atoms with Crippen LogP contribution in [0.3, 0.4) is 0 Å². The summed E-state index contributed by atoms with van der Waals surface area (Å²) in [5.74, 6) is -1.50. The third-order valence-corrected chi connectivity index (χ3v) is 5.70. The van der Waals surface area contributed by atoms with Crippen LogP contribution in [-0.4, -0.2) is 40.5 Å². The van der Waals surface area contributed by atoms with E-state index in [2.05, 4.69) is 5.32 Å². The molecule has 1 aromatic carbocycles. The average Bonchev–Trinajstić information content (AvgIpc) is 2.58. The van der Waals surface area contributed by atoms with Crippen LogP contribution in [-0.2, 0) is 14.4 Å². The lowest BCUT2D eigenvalue weighted by molar-refractivity contribution is -0.158. The number of piperazine rings is 1. The third-order valence-electron chi connectivity index (χ3n) is 4.66. The van der Waals surface area contributed by atoms with Crippen LogP contribution in [0.15, 0.2) is 29.2 Å². The van der Waals surface area contributed by atoms with Crippen LogP contribution in [0.2, 0.25) is 0 Å². The van der Waals surface area contributed by atoms with Crippen molar-refractivity contribution >= 4 is 29.5 Å². The molecule has 7 heteroatoms. The Morgan fingerprint density at radius 2 is 1.92 bits per heavy atom. The highest BCUT2D eigenvalue weighted by Crippen LogP contribution is 2.36. The first-order valence-electron chi connectivity index (χ1n) is 8.05. The Balaban J connectivity index is 1.76. The highest BCUT2D eigenvalue weighted by Gasteiger charge is 2.50. The molecule has 5 nitrogen and oxygen atoms in total. The van der Waals surface area contributed by atoms with E-state index in [4.69, 9.17) is 0 Å². The van der Waals surface area contributed by atoms with Crippen molar-refractivity contribution in [1.82, 2.24) is 10.2 Å². The van der Waals surface area contributed by atoms with E-state index in [-0.39, 0.29) is 29.9 Å². The second-order valence-electron chi connectivity index (χ2n) is 6.17. The van der Waals surface area contributed by atoms with E-state index < -0.39 is 11.4 Å². The van der Waals surface area contributed by atoms with Gasteiger partial charge in [-0.1, -0.05) is 31.4 Å². The maximum atomic E-state index is 13.7. The summed E-state index contributed by atoms with van der Waals surface area (Å²) in [6.07, 6.45) is 3.87. The maximum absolute atomic E-state index is 13.7. The smallest absolute Gasteiger partial charge is 0.252 e. The van der Waals surface area contributed by atoms with Gasteiger partial charge in [0, 0.05) is 4.90 Å². The summed E-state index contributed by atoms with van der Waals surface area (Å²) in [5.41, 5.74) is -0.918. The van der Waals surface area contributed by atoms with Gasteiger partial charge in [0.2, 0.25) is 11.8 Å². The Morgan fingerprint density at radius 3 is 2.62 bits per heavy atom. The number of amides is 3. The molecule has 1 aliphatic heterocycles. The fraction of sp³-hybridized carbons (Fsp3) is 0.471. The minimum atomic E-state index is -0.918. The lowest BCUT2D eigenvalue weighted by atomic mass is 9.78. The quantitative estimate of drug-likeness (QED) is 0.670. The highest BCUT2D eigenvalue weighted by molar-refractivity contribution is 8.00. The fourth-order valence-corrected chi connectivity index (χ4v) is 4.26. The van der Waals surface area contributed by atoms with E-state index in [9.17, 15) is 18.8 Å². The molecule has 1 saturated heterocycles. The van der Waals surface area contributed by atoms with Crippen molar-refractivity contribution < 1.29 is 18.8 Å². The summed E-state index contributed by atoms with van der Waals surface area (Å²) in [7, 11) is 0. The summed E-state index contributed by atoms with van der Waals surface area (Å²) in [4.78, 5) is 38.7. The zero-order valence-corrected chi connectivity index (χ0v) is 14.0. The van der Waals surface area contributed by atoms with Crippen LogP contribution in [0.25, 0.3) is 0 Å². The molecule has 0 atom stereocenters. The van der Waals surface area contributed by atoms with Crippen LogP contribution in [0.1, 0.15) is 32.1 Å². The van der Waals surface area contributed by atoms with E-state index in [0.717, 1.165) is 31.0 Å². The lowest BCUT2D eigenvalue weighted by Crippen LogP contribution is -2.69. The van der Waals surface area contributed by atoms with Crippen LogP contribution in [0.5, 0.6) is 0 Å². The van der Waals surface area contributed by atoms with Gasteiger partial charge in [-0.25, -0.2) is 4.39 Å². The van der Waals surface area contributed by atoms with Gasteiger partial charge in [-0.2, -0.15) is 0 Å². The summed E-state index contributed by atoms with van der Waals surface area (Å²) < 4.78 is 13.7. The Hall–Kier alpha value is -1.89. The molecule has 0 radical (unpaired) electrons. The average molecular weight is 350 g/mol. The van der Waals surface area contributed by atoms with Gasteiger partial charge in [0.1, 0.15) is 17.9 Å². The van der Waals surface area contributed by atoms with Crippen LogP contribution >= 0.6 is 11.8 Å². The number of rotatable bonds is 3. The first-order chi connectivity index (χ1) is 11.5.